The van der Waals surface area contributed by atoms with Crippen LogP contribution in [-0.2, 0) is 9.53 Å². The molecule has 9 heterocycles. The van der Waals surface area contributed by atoms with Gasteiger partial charge in [-0.2, -0.15) is 89.7 Å². The van der Waals surface area contributed by atoms with E-state index < -0.39 is 11.5 Å². The van der Waals surface area contributed by atoms with Gasteiger partial charge in [0.15, 0.2) is 34.9 Å². The predicted octanol–water partition coefficient (Wildman–Crippen LogP) is 23.2. The standard InChI is InChI=1S/C20H21N5O.C18H18N6O.C18H20N6.C18H17N5O2.C17H17ClN6.C17H17FN6/c1-20(2,3)17(26)24-19-23-16(14-10-6-4-7-11-14)22-18(25-19)21-15-12-8-5-9-13-15;1-24(2)18(25)23-17-21-15(13-9-5-3-6-10-13)20-16(22-17)19-14-11-7-4-8-12-14;1-3-13(2)20-17-22-16(14-7-5-4-6-8-14)23-18(24-17)21-15-9-11-19-12-10-15;1-2-25-18(24)23-17-21-15(13-9-5-3-6-10-13)20-16(22-17)19-14-11-7-4-8-12-14;2*1-11(2)20-16-22-15(12-4-3-5-13(18)10-12)23-17(24-16)21-14-6-8-19-9-7-14/h4-13H,1-3H3,(H2,21,22,23,24,25,26);3-12H,1-2H3,(H2,19,20,21,22,23,25);4-13H,3H2,1-2H3,(H2,19,20,21,22,23,24);3-12H,2H2,1H3,(H2,19,20,21,22,23,24);2*3-11H,1-2H3,(H2,19,20,21,22,23,24). The van der Waals surface area contributed by atoms with Crippen LogP contribution in [0.4, 0.5) is 119 Å². The van der Waals surface area contributed by atoms with Gasteiger partial charge in [0.25, 0.3) is 0 Å². The summed E-state index contributed by atoms with van der Waals surface area (Å²) in [6.45, 7) is 19.7. The van der Waals surface area contributed by atoms with Crippen LogP contribution in [0.1, 0.15) is 75.7 Å². The molecule has 0 radical (unpaired) electrons. The van der Waals surface area contributed by atoms with Gasteiger partial charge in [0.2, 0.25) is 77.3 Å². The second-order valence-electron chi connectivity index (χ2n) is 33.8. The minimum absolute atomic E-state index is 0.116. The molecule has 40 heteroatoms. The second-order valence-corrected chi connectivity index (χ2v) is 34.2. The largest absolute Gasteiger partial charge is 0.450 e. The summed E-state index contributed by atoms with van der Waals surface area (Å²) in [5, 5.41) is 37.1. The van der Waals surface area contributed by atoms with Crippen molar-refractivity contribution < 1.29 is 23.5 Å². The Bertz CT molecular complexity index is 7100. The fourth-order valence-electron chi connectivity index (χ4n) is 12.6. The highest BCUT2D eigenvalue weighted by molar-refractivity contribution is 6.30. The van der Waals surface area contributed by atoms with Crippen molar-refractivity contribution in [3.63, 3.8) is 0 Å². The van der Waals surface area contributed by atoms with Crippen molar-refractivity contribution in [3.05, 3.63) is 345 Å². The fourth-order valence-corrected chi connectivity index (χ4v) is 12.8. The normalized spacial score (nSPS) is 10.7. The predicted molar refractivity (Wildman–Crippen MR) is 581 cm³/mol. The fraction of sp³-hybridized carbons (Fsp3) is 0.167. The van der Waals surface area contributed by atoms with Crippen molar-refractivity contribution in [2.75, 3.05) is 84.5 Å². The number of carbonyl (C=O) groups excluding carboxylic acids is 3. The monoisotopic (exact) mass is 2000 g/mol. The number of urea groups is 1. The maximum absolute atomic E-state index is 13.5. The van der Waals surface area contributed by atoms with Gasteiger partial charge in [-0.05, 0) is 145 Å². The lowest BCUT2D eigenvalue weighted by Gasteiger charge is -2.17. The smallest absolute Gasteiger partial charge is 0.414 e. The zero-order valence-electron chi connectivity index (χ0n) is 83.1. The summed E-state index contributed by atoms with van der Waals surface area (Å²) in [6.07, 6.45) is 10.6. The van der Waals surface area contributed by atoms with E-state index >= 15 is 0 Å². The Labute approximate surface area is 860 Å². The number of nitrogens with zero attached hydrogens (tertiary/aromatic N) is 22. The third-order valence-corrected chi connectivity index (χ3v) is 20.1. The first-order chi connectivity index (χ1) is 71.7. The molecular formula is C108H110ClFN34O4. The first-order valence-corrected chi connectivity index (χ1v) is 47.4. The number of benzene rings is 9. The third-order valence-electron chi connectivity index (χ3n) is 19.8. The van der Waals surface area contributed by atoms with E-state index in [0.717, 1.165) is 68.4 Å². The van der Waals surface area contributed by atoms with Crippen molar-refractivity contribution in [1.29, 1.82) is 0 Å². The molecule has 0 bridgehead atoms. The highest BCUT2D eigenvalue weighted by atomic mass is 35.5. The number of hydrogen-bond donors (Lipinski definition) is 12. The number of anilines is 18. The van der Waals surface area contributed by atoms with Gasteiger partial charge in [0.05, 0.1) is 6.61 Å². The average molecular weight is 2000 g/mol. The quantitative estimate of drug-likeness (QED) is 0.0207. The molecule has 0 fully saturated rings. The molecule has 1 unspecified atom stereocenters. The van der Waals surface area contributed by atoms with Crippen molar-refractivity contribution in [1.82, 2.24) is 110 Å². The van der Waals surface area contributed by atoms with Crippen LogP contribution in [0.2, 0.25) is 5.02 Å². The molecule has 0 aliphatic rings. The maximum atomic E-state index is 13.5. The van der Waals surface area contributed by atoms with Crippen LogP contribution in [0.25, 0.3) is 68.3 Å². The Balaban J connectivity index is 0.000000148. The number of ether oxygens (including phenoxy) is 1. The van der Waals surface area contributed by atoms with E-state index in [-0.39, 0.29) is 60.3 Å². The lowest BCUT2D eigenvalue weighted by molar-refractivity contribution is -0.123. The Hall–Kier alpha value is -19.1. The van der Waals surface area contributed by atoms with Crippen LogP contribution in [0, 0.1) is 11.2 Å². The lowest BCUT2D eigenvalue weighted by atomic mass is 9.96. The molecule has 18 aromatic rings. The second kappa shape index (κ2) is 54.2. The molecule has 4 amide bonds. The SMILES string of the molecule is CC(C)(C)C(=O)Nc1nc(Nc2ccccc2)nc(-c2ccccc2)n1.CC(C)Nc1nc(Nc2ccncc2)nc(-c2cccc(Cl)c2)n1.CC(C)Nc1nc(Nc2ccncc2)nc(-c2cccc(F)c2)n1.CCC(C)Nc1nc(Nc2ccncc2)nc(-c2ccccc2)n1.CCOC(=O)Nc1nc(Nc2ccccc2)nc(-c2ccccc2)n1.CN(C)C(=O)Nc1nc(Nc2ccccc2)nc(-c2ccccc2)n1. The zero-order chi connectivity index (χ0) is 104. The Morgan fingerprint density at radius 2 is 0.574 bits per heavy atom. The molecule has 148 heavy (non-hydrogen) atoms. The molecule has 750 valence electrons. The van der Waals surface area contributed by atoms with E-state index in [2.05, 4.69) is 182 Å². The minimum Gasteiger partial charge on any atom is -0.450 e. The number of rotatable bonds is 29. The third kappa shape index (κ3) is 35.0. The van der Waals surface area contributed by atoms with Crippen LogP contribution in [0.3, 0.4) is 0 Å². The van der Waals surface area contributed by atoms with Crippen molar-refractivity contribution in [2.45, 2.75) is 93.8 Å². The molecule has 0 aliphatic carbocycles. The summed E-state index contributed by atoms with van der Waals surface area (Å²) < 4.78 is 18.4. The summed E-state index contributed by atoms with van der Waals surface area (Å²) in [6, 6.07) is 92.1. The van der Waals surface area contributed by atoms with Crippen LogP contribution in [0.5, 0.6) is 0 Å². The summed E-state index contributed by atoms with van der Waals surface area (Å²) in [5.74, 6) is 6.88. The van der Waals surface area contributed by atoms with Gasteiger partial charge in [0.1, 0.15) is 5.82 Å². The average Bonchev–Trinajstić information content (AvgIpc) is 0.839. The number of amides is 4. The molecule has 0 spiro atoms. The maximum Gasteiger partial charge on any atom is 0.414 e. The number of carbonyl (C=O) groups is 3. The van der Waals surface area contributed by atoms with Crippen LogP contribution >= 0.6 is 11.6 Å². The number of hydrogen-bond acceptors (Lipinski definition) is 34. The highest BCUT2D eigenvalue weighted by Crippen LogP contribution is 2.30. The van der Waals surface area contributed by atoms with Gasteiger partial charge in [0, 0.05) is 147 Å². The van der Waals surface area contributed by atoms with Crippen LogP contribution < -0.4 is 63.8 Å². The molecule has 1 atom stereocenters. The van der Waals surface area contributed by atoms with Crippen LogP contribution in [0.15, 0.2) is 334 Å². The summed E-state index contributed by atoms with van der Waals surface area (Å²) in [5.41, 5.74) is 9.36. The van der Waals surface area contributed by atoms with E-state index in [1.807, 2.05) is 309 Å². The van der Waals surface area contributed by atoms with E-state index in [9.17, 15) is 18.8 Å². The minimum atomic E-state index is -0.613. The Kier molecular flexibility index (Phi) is 38.9. The molecule has 12 N–H and O–H groups in total. The molecule has 18 rings (SSSR count). The van der Waals surface area contributed by atoms with E-state index in [1.165, 1.54) is 17.0 Å². The highest BCUT2D eigenvalue weighted by Gasteiger charge is 2.25. The van der Waals surface area contributed by atoms with Crippen molar-refractivity contribution >= 4 is 135 Å². The summed E-state index contributed by atoms with van der Waals surface area (Å²) in [4.78, 5) is 129. The first-order valence-electron chi connectivity index (χ1n) is 47.0. The summed E-state index contributed by atoms with van der Waals surface area (Å²) in [7, 11) is 3.30. The molecule has 0 saturated heterocycles. The lowest BCUT2D eigenvalue weighted by Crippen LogP contribution is -2.28. The summed E-state index contributed by atoms with van der Waals surface area (Å²) >= 11 is 6.08. The van der Waals surface area contributed by atoms with Crippen molar-refractivity contribution in [3.8, 4) is 68.3 Å². The first kappa shape index (κ1) is 106. The van der Waals surface area contributed by atoms with E-state index in [4.69, 9.17) is 16.3 Å². The molecule has 9 aromatic heterocycles. The Morgan fingerprint density at radius 3 is 0.872 bits per heavy atom. The number of pyridine rings is 3. The van der Waals surface area contributed by atoms with Gasteiger partial charge < -0.3 is 57.5 Å². The van der Waals surface area contributed by atoms with Gasteiger partial charge in [-0.3, -0.25) is 35.7 Å². The van der Waals surface area contributed by atoms with Gasteiger partial charge >= 0.3 is 12.1 Å². The molecule has 0 aliphatic heterocycles. The molecular weight excluding hydrogens is 1890 g/mol. The molecule has 9 aromatic carbocycles. The zero-order valence-corrected chi connectivity index (χ0v) is 83.9. The topological polar surface area (TPSA) is 479 Å². The Morgan fingerprint density at radius 1 is 0.311 bits per heavy atom. The van der Waals surface area contributed by atoms with Crippen molar-refractivity contribution in [2.24, 2.45) is 5.41 Å². The molecule has 38 nitrogen and oxygen atoms in total. The van der Waals surface area contributed by atoms with E-state index in [0.29, 0.717) is 99.1 Å². The number of nitrogens with one attached hydrogen (secondary N) is 12. The number of aromatic nitrogens is 21. The number of halogens is 2. The van der Waals surface area contributed by atoms with E-state index in [1.54, 1.807) is 82.5 Å². The van der Waals surface area contributed by atoms with Gasteiger partial charge in [-0.15, -0.1) is 0 Å². The van der Waals surface area contributed by atoms with Gasteiger partial charge in [-0.25, -0.2) is 14.0 Å². The number of para-hydroxylation sites is 3. The molecule has 0 saturated carbocycles. The van der Waals surface area contributed by atoms with Crippen LogP contribution in [-0.4, -0.2) is 166 Å². The van der Waals surface area contributed by atoms with Gasteiger partial charge in [-0.1, -0.05) is 239 Å².